The van der Waals surface area contributed by atoms with Crippen molar-refractivity contribution in [3.05, 3.63) is 52.1 Å². The summed E-state index contributed by atoms with van der Waals surface area (Å²) < 4.78 is 12.8. The molecule has 6 nitrogen and oxygen atoms in total. The van der Waals surface area contributed by atoms with Crippen molar-refractivity contribution in [3.63, 3.8) is 0 Å². The lowest BCUT2D eigenvalue weighted by atomic mass is 9.89. The second-order valence-electron chi connectivity index (χ2n) is 5.34. The van der Waals surface area contributed by atoms with Gasteiger partial charge in [0, 0.05) is 24.6 Å². The largest absolute Gasteiger partial charge is 0.347 e. The number of ether oxygens (including phenoxy) is 2. The molecule has 108 valence electrons. The van der Waals surface area contributed by atoms with Gasteiger partial charge in [0.2, 0.25) is 0 Å². The van der Waals surface area contributed by atoms with Crippen LogP contribution in [0.25, 0.3) is 5.82 Å². The van der Waals surface area contributed by atoms with Crippen LogP contribution in [0.1, 0.15) is 17.5 Å². The summed E-state index contributed by atoms with van der Waals surface area (Å²) in [4.78, 5) is 16.8. The van der Waals surface area contributed by atoms with Crippen LogP contribution >= 0.6 is 0 Å². The van der Waals surface area contributed by atoms with Gasteiger partial charge in [-0.15, -0.1) is 0 Å². The van der Waals surface area contributed by atoms with Gasteiger partial charge in [0.15, 0.2) is 11.6 Å². The van der Waals surface area contributed by atoms with E-state index in [-0.39, 0.29) is 5.56 Å². The van der Waals surface area contributed by atoms with Crippen LogP contribution in [0.2, 0.25) is 0 Å². The molecular weight excluding hydrogens is 270 g/mol. The molecule has 4 rings (SSSR count). The molecule has 1 fully saturated rings. The Bertz CT molecular complexity index is 721. The van der Waals surface area contributed by atoms with Gasteiger partial charge in [-0.1, -0.05) is 6.07 Å². The number of aromatic nitrogens is 3. The highest BCUT2D eigenvalue weighted by Crippen LogP contribution is 2.33. The topological polar surface area (TPSA) is 66.2 Å². The highest BCUT2D eigenvalue weighted by Gasteiger charge is 2.40. The van der Waals surface area contributed by atoms with Crippen LogP contribution in [0, 0.1) is 0 Å². The summed E-state index contributed by atoms with van der Waals surface area (Å²) in [6.45, 7) is 1.24. The Kier molecular flexibility index (Phi) is 2.87. The molecular formula is C15H15N3O3. The molecule has 2 aromatic heterocycles. The van der Waals surface area contributed by atoms with Crippen LogP contribution < -0.4 is 5.56 Å². The summed E-state index contributed by atoms with van der Waals surface area (Å²) >= 11 is 0. The molecule has 21 heavy (non-hydrogen) atoms. The third-order valence-corrected chi connectivity index (χ3v) is 4.06. The van der Waals surface area contributed by atoms with Crippen LogP contribution in [0.3, 0.4) is 0 Å². The van der Waals surface area contributed by atoms with Crippen LogP contribution in [-0.2, 0) is 22.3 Å². The van der Waals surface area contributed by atoms with Crippen LogP contribution in [0.15, 0.2) is 35.4 Å². The number of pyridine rings is 1. The molecule has 2 aliphatic rings. The van der Waals surface area contributed by atoms with Gasteiger partial charge in [-0.25, -0.2) is 4.98 Å². The lowest BCUT2D eigenvalue weighted by molar-refractivity contribution is -0.164. The Morgan fingerprint density at radius 2 is 2.10 bits per heavy atom. The molecule has 3 heterocycles. The smallest absolute Gasteiger partial charge is 0.276 e. The first-order valence-electron chi connectivity index (χ1n) is 7.07. The Labute approximate surface area is 121 Å². The van der Waals surface area contributed by atoms with Crippen LogP contribution in [-0.4, -0.2) is 33.8 Å². The fourth-order valence-corrected chi connectivity index (χ4v) is 3.02. The lowest BCUT2D eigenvalue weighted by Gasteiger charge is -2.32. The molecule has 1 aliphatic heterocycles. The second-order valence-corrected chi connectivity index (χ2v) is 5.34. The third kappa shape index (κ3) is 2.07. The molecule has 0 saturated carbocycles. The number of fused-ring (bicyclic) bond motifs is 1. The number of hydrogen-bond donors (Lipinski definition) is 0. The average Bonchev–Trinajstić information content (AvgIpc) is 2.96. The monoisotopic (exact) mass is 285 g/mol. The van der Waals surface area contributed by atoms with Crippen molar-refractivity contribution in [1.82, 2.24) is 14.8 Å². The standard InChI is InChI=1S/C15H15N3O3/c19-14-12-4-5-15(20-7-8-21-15)9-11(12)10-17-18(14)13-3-1-2-6-16-13/h1-3,6,10H,4-5,7-9H2. The molecule has 6 heteroatoms. The maximum atomic E-state index is 12.6. The maximum absolute atomic E-state index is 12.6. The summed E-state index contributed by atoms with van der Waals surface area (Å²) in [5, 5.41) is 4.25. The average molecular weight is 285 g/mol. The zero-order valence-corrected chi connectivity index (χ0v) is 11.5. The third-order valence-electron chi connectivity index (χ3n) is 4.06. The quantitative estimate of drug-likeness (QED) is 0.777. The van der Waals surface area contributed by atoms with E-state index in [0.29, 0.717) is 38.3 Å². The molecule has 2 aromatic rings. The van der Waals surface area contributed by atoms with Crippen molar-refractivity contribution >= 4 is 0 Å². The number of rotatable bonds is 1. The minimum Gasteiger partial charge on any atom is -0.347 e. The summed E-state index contributed by atoms with van der Waals surface area (Å²) in [6, 6.07) is 5.42. The van der Waals surface area contributed by atoms with Gasteiger partial charge in [0.1, 0.15) is 0 Å². The van der Waals surface area contributed by atoms with Crippen molar-refractivity contribution in [2.75, 3.05) is 13.2 Å². The first-order valence-corrected chi connectivity index (χ1v) is 7.07. The van der Waals surface area contributed by atoms with E-state index in [1.54, 1.807) is 18.5 Å². The minimum absolute atomic E-state index is 0.0981. The zero-order chi connectivity index (χ0) is 14.3. The zero-order valence-electron chi connectivity index (χ0n) is 11.5. The number of hydrogen-bond acceptors (Lipinski definition) is 5. The van der Waals surface area contributed by atoms with Crippen molar-refractivity contribution in [1.29, 1.82) is 0 Å². The lowest BCUT2D eigenvalue weighted by Crippen LogP contribution is -2.40. The van der Waals surface area contributed by atoms with Gasteiger partial charge in [-0.3, -0.25) is 4.79 Å². The predicted octanol–water partition coefficient (Wildman–Crippen LogP) is 0.859. The van der Waals surface area contributed by atoms with E-state index in [1.165, 1.54) is 4.68 Å². The van der Waals surface area contributed by atoms with Gasteiger partial charge < -0.3 is 9.47 Å². The highest BCUT2D eigenvalue weighted by atomic mass is 16.7. The summed E-state index contributed by atoms with van der Waals surface area (Å²) in [6.07, 6.45) is 5.33. The van der Waals surface area contributed by atoms with Crippen LogP contribution in [0.4, 0.5) is 0 Å². The summed E-state index contributed by atoms with van der Waals surface area (Å²) in [5.74, 6) is -0.00266. The van der Waals surface area contributed by atoms with Crippen molar-refractivity contribution in [2.24, 2.45) is 0 Å². The van der Waals surface area contributed by atoms with Crippen molar-refractivity contribution < 1.29 is 9.47 Å². The van der Waals surface area contributed by atoms with Gasteiger partial charge in [-0.2, -0.15) is 9.78 Å². The molecule has 1 spiro atoms. The van der Waals surface area contributed by atoms with Gasteiger partial charge >= 0.3 is 0 Å². The molecule has 0 atom stereocenters. The fourth-order valence-electron chi connectivity index (χ4n) is 3.02. The predicted molar refractivity (Wildman–Crippen MR) is 74.3 cm³/mol. The molecule has 0 bridgehead atoms. The molecule has 0 amide bonds. The van der Waals surface area contributed by atoms with Gasteiger partial charge in [-0.05, 0) is 24.1 Å². The summed E-state index contributed by atoms with van der Waals surface area (Å²) in [5.41, 5.74) is 1.61. The number of nitrogens with zero attached hydrogens (tertiary/aromatic N) is 3. The van der Waals surface area contributed by atoms with Crippen molar-refractivity contribution in [3.8, 4) is 5.82 Å². The molecule has 0 aromatic carbocycles. The first kappa shape index (κ1) is 12.7. The van der Waals surface area contributed by atoms with Crippen molar-refractivity contribution in [2.45, 2.75) is 25.0 Å². The fraction of sp³-hybridized carbons (Fsp3) is 0.400. The molecule has 0 radical (unpaired) electrons. The van der Waals surface area contributed by atoms with E-state index >= 15 is 0 Å². The van der Waals surface area contributed by atoms with E-state index in [9.17, 15) is 4.79 Å². The molecule has 0 unspecified atom stereocenters. The van der Waals surface area contributed by atoms with E-state index < -0.39 is 5.79 Å². The minimum atomic E-state index is -0.543. The Morgan fingerprint density at radius 3 is 2.86 bits per heavy atom. The van der Waals surface area contributed by atoms with Gasteiger partial charge in [0.25, 0.3) is 5.56 Å². The molecule has 0 N–H and O–H groups in total. The normalized spacial score (nSPS) is 19.6. The van der Waals surface area contributed by atoms with E-state index in [4.69, 9.17) is 9.47 Å². The molecule has 1 saturated heterocycles. The van der Waals surface area contributed by atoms with Crippen LogP contribution in [0.5, 0.6) is 0 Å². The summed E-state index contributed by atoms with van der Waals surface area (Å²) in [7, 11) is 0. The first-order chi connectivity index (χ1) is 10.3. The van der Waals surface area contributed by atoms with E-state index in [0.717, 1.165) is 11.1 Å². The van der Waals surface area contributed by atoms with Gasteiger partial charge in [0.05, 0.1) is 19.4 Å². The Balaban J connectivity index is 1.75. The maximum Gasteiger partial charge on any atom is 0.276 e. The van der Waals surface area contributed by atoms with E-state index in [1.807, 2.05) is 12.1 Å². The second kappa shape index (κ2) is 4.75. The molecule has 1 aliphatic carbocycles. The van der Waals surface area contributed by atoms with E-state index in [2.05, 4.69) is 10.1 Å². The Morgan fingerprint density at radius 1 is 1.24 bits per heavy atom. The highest BCUT2D eigenvalue weighted by molar-refractivity contribution is 5.30. The SMILES string of the molecule is O=c1c2c(cnn1-c1ccccn1)CC1(CC2)OCCO1. The Hall–Kier alpha value is -2.05.